The van der Waals surface area contributed by atoms with Crippen LogP contribution in [0.1, 0.15) is 32.4 Å². The number of rotatable bonds is 6. The number of aliphatic hydroxyl groups is 1. The van der Waals surface area contributed by atoms with Gasteiger partial charge in [-0.05, 0) is 19.8 Å². The van der Waals surface area contributed by atoms with Crippen LogP contribution >= 0.6 is 11.8 Å². The van der Waals surface area contributed by atoms with Gasteiger partial charge in [-0.25, -0.2) is 0 Å². The Bertz CT molecular complexity index is 338. The topological polar surface area (TPSA) is 64.1 Å². The van der Waals surface area contributed by atoms with E-state index in [-0.39, 0.29) is 6.61 Å². The summed E-state index contributed by atoms with van der Waals surface area (Å²) in [5.74, 6) is 0. The van der Waals surface area contributed by atoms with Gasteiger partial charge in [-0.15, -0.1) is 11.8 Å². The molecule has 92 valence electrons. The lowest BCUT2D eigenvalue weighted by molar-refractivity contribution is 0.289. The van der Waals surface area contributed by atoms with E-state index in [1.807, 2.05) is 11.6 Å². The molecule has 0 aliphatic carbocycles. The van der Waals surface area contributed by atoms with Crippen molar-refractivity contribution in [3.05, 3.63) is 5.69 Å². The largest absolute Gasteiger partial charge is 0.396 e. The summed E-state index contributed by atoms with van der Waals surface area (Å²) in [6.07, 6.45) is 1.82. The minimum absolute atomic E-state index is 0.217. The van der Waals surface area contributed by atoms with Gasteiger partial charge in [0.2, 0.25) is 0 Å². The lowest BCUT2D eigenvalue weighted by Gasteiger charge is -2.11. The van der Waals surface area contributed by atoms with Gasteiger partial charge in [0.05, 0.1) is 11.4 Å². The van der Waals surface area contributed by atoms with Crippen molar-refractivity contribution in [3.63, 3.8) is 0 Å². The van der Waals surface area contributed by atoms with Crippen molar-refractivity contribution in [2.24, 2.45) is 0 Å². The molecule has 0 radical (unpaired) electrons. The average Bonchev–Trinajstić information content (AvgIpc) is 2.47. The van der Waals surface area contributed by atoms with Crippen molar-refractivity contribution >= 4 is 17.4 Å². The van der Waals surface area contributed by atoms with Crippen LogP contribution in [0.25, 0.3) is 0 Å². The average molecular weight is 243 g/mol. The summed E-state index contributed by atoms with van der Waals surface area (Å²) >= 11 is 1.70. The molecule has 3 N–H and O–H groups in total. The van der Waals surface area contributed by atoms with Crippen molar-refractivity contribution in [2.45, 2.75) is 50.4 Å². The number of nitrogens with zero attached hydrogens (tertiary/aromatic N) is 2. The molecule has 0 aromatic carbocycles. The first-order chi connectivity index (χ1) is 7.60. The van der Waals surface area contributed by atoms with Gasteiger partial charge >= 0.3 is 0 Å². The fraction of sp³-hybridized carbons (Fsp3) is 0.727. The molecule has 0 amide bonds. The van der Waals surface area contributed by atoms with Crippen LogP contribution in [0.2, 0.25) is 0 Å². The zero-order valence-electron chi connectivity index (χ0n) is 10.2. The van der Waals surface area contributed by atoms with E-state index in [0.29, 0.717) is 5.25 Å². The molecule has 0 bridgehead atoms. The molecule has 1 unspecified atom stereocenters. The van der Waals surface area contributed by atoms with Gasteiger partial charge in [0, 0.05) is 18.4 Å². The third-order valence-electron chi connectivity index (χ3n) is 2.41. The van der Waals surface area contributed by atoms with E-state index in [9.17, 15) is 0 Å². The Morgan fingerprint density at radius 1 is 1.56 bits per heavy atom. The Morgan fingerprint density at radius 3 is 2.81 bits per heavy atom. The maximum atomic E-state index is 8.89. The van der Waals surface area contributed by atoms with Crippen LogP contribution in [0, 0.1) is 6.92 Å². The summed E-state index contributed by atoms with van der Waals surface area (Å²) in [7, 11) is 0. The van der Waals surface area contributed by atoms with Gasteiger partial charge in [0.15, 0.2) is 0 Å². The highest BCUT2D eigenvalue weighted by Crippen LogP contribution is 2.32. The number of aromatic nitrogens is 2. The van der Waals surface area contributed by atoms with Crippen LogP contribution in [0.5, 0.6) is 0 Å². The summed E-state index contributed by atoms with van der Waals surface area (Å²) < 4.78 is 1.98. The van der Waals surface area contributed by atoms with Gasteiger partial charge in [-0.3, -0.25) is 4.68 Å². The third kappa shape index (κ3) is 3.15. The number of thioether (sulfide) groups is 1. The highest BCUT2D eigenvalue weighted by atomic mass is 32.2. The molecule has 0 aliphatic heterocycles. The van der Waals surface area contributed by atoms with E-state index in [0.717, 1.165) is 35.8 Å². The predicted octanol–water partition coefficient (Wildman–Crippen LogP) is 2.05. The summed E-state index contributed by atoms with van der Waals surface area (Å²) in [4.78, 5) is 0. The fourth-order valence-electron chi connectivity index (χ4n) is 1.49. The van der Waals surface area contributed by atoms with Gasteiger partial charge in [-0.2, -0.15) is 5.10 Å². The van der Waals surface area contributed by atoms with Crippen molar-refractivity contribution in [3.8, 4) is 0 Å². The Morgan fingerprint density at radius 2 is 2.25 bits per heavy atom. The fourth-order valence-corrected chi connectivity index (χ4v) is 2.63. The van der Waals surface area contributed by atoms with Crippen molar-refractivity contribution in [1.29, 1.82) is 0 Å². The quantitative estimate of drug-likeness (QED) is 0.751. The molecule has 16 heavy (non-hydrogen) atoms. The van der Waals surface area contributed by atoms with E-state index in [4.69, 9.17) is 10.8 Å². The van der Waals surface area contributed by atoms with Crippen LogP contribution in [0.15, 0.2) is 5.03 Å². The second-order valence-corrected chi connectivity index (χ2v) is 5.40. The molecule has 0 saturated carbocycles. The van der Waals surface area contributed by atoms with E-state index in [1.165, 1.54) is 0 Å². The number of anilines is 1. The van der Waals surface area contributed by atoms with Crippen LogP contribution < -0.4 is 5.73 Å². The van der Waals surface area contributed by atoms with E-state index in [2.05, 4.69) is 18.9 Å². The van der Waals surface area contributed by atoms with Gasteiger partial charge in [0.1, 0.15) is 5.03 Å². The molecule has 4 nitrogen and oxygen atoms in total. The molecule has 0 aliphatic rings. The second-order valence-electron chi connectivity index (χ2n) is 3.97. The number of aliphatic hydroxyl groups excluding tert-OH is 1. The van der Waals surface area contributed by atoms with Gasteiger partial charge in [-0.1, -0.05) is 13.8 Å². The van der Waals surface area contributed by atoms with E-state index >= 15 is 0 Å². The number of nitrogen functional groups attached to an aromatic ring is 1. The minimum Gasteiger partial charge on any atom is -0.396 e. The number of nitrogens with two attached hydrogens (primary N) is 1. The van der Waals surface area contributed by atoms with Crippen molar-refractivity contribution in [2.75, 3.05) is 12.3 Å². The highest BCUT2D eigenvalue weighted by Gasteiger charge is 2.15. The molecular weight excluding hydrogens is 222 g/mol. The van der Waals surface area contributed by atoms with Gasteiger partial charge in [0.25, 0.3) is 0 Å². The number of aryl methyl sites for hydroxylation is 2. The third-order valence-corrected chi connectivity index (χ3v) is 3.70. The SMILES string of the molecule is CCCn1nc(C)c(N)c1SC(C)CCO. The standard InChI is InChI=1S/C11H21N3OS/c1-4-6-14-11(10(12)9(3)13-14)16-8(2)5-7-15/h8,15H,4-7,12H2,1-3H3. The summed E-state index contributed by atoms with van der Waals surface area (Å²) in [6, 6.07) is 0. The van der Waals surface area contributed by atoms with Gasteiger partial charge < -0.3 is 10.8 Å². The first-order valence-electron chi connectivity index (χ1n) is 5.70. The summed E-state index contributed by atoms with van der Waals surface area (Å²) in [5, 5.41) is 14.7. The van der Waals surface area contributed by atoms with E-state index < -0.39 is 0 Å². The van der Waals surface area contributed by atoms with E-state index in [1.54, 1.807) is 11.8 Å². The Labute approximate surface area is 101 Å². The molecular formula is C11H21N3OS. The molecule has 0 saturated heterocycles. The van der Waals surface area contributed by atoms with Crippen LogP contribution in [0.4, 0.5) is 5.69 Å². The smallest absolute Gasteiger partial charge is 0.118 e. The molecule has 1 atom stereocenters. The lowest BCUT2D eigenvalue weighted by atomic mass is 10.3. The molecule has 5 heteroatoms. The Balaban J connectivity index is 2.83. The van der Waals surface area contributed by atoms with Crippen LogP contribution in [-0.2, 0) is 6.54 Å². The molecule has 1 aromatic heterocycles. The molecule has 1 rings (SSSR count). The summed E-state index contributed by atoms with van der Waals surface area (Å²) in [6.45, 7) is 7.27. The first-order valence-corrected chi connectivity index (χ1v) is 6.58. The zero-order valence-corrected chi connectivity index (χ0v) is 11.0. The first kappa shape index (κ1) is 13.4. The zero-order chi connectivity index (χ0) is 12.1. The van der Waals surface area contributed by atoms with Crippen molar-refractivity contribution in [1.82, 2.24) is 9.78 Å². The summed E-state index contributed by atoms with van der Waals surface area (Å²) in [5.41, 5.74) is 7.69. The molecule has 0 fully saturated rings. The van der Waals surface area contributed by atoms with Crippen LogP contribution in [-0.4, -0.2) is 26.7 Å². The van der Waals surface area contributed by atoms with Crippen LogP contribution in [0.3, 0.4) is 0 Å². The maximum absolute atomic E-state index is 8.89. The second kappa shape index (κ2) is 6.15. The Hall–Kier alpha value is -0.680. The normalized spacial score (nSPS) is 13.0. The molecule has 1 aromatic rings. The lowest BCUT2D eigenvalue weighted by Crippen LogP contribution is -2.06. The molecule has 1 heterocycles. The minimum atomic E-state index is 0.217. The monoisotopic (exact) mass is 243 g/mol. The van der Waals surface area contributed by atoms with Crippen molar-refractivity contribution < 1.29 is 5.11 Å². The highest BCUT2D eigenvalue weighted by molar-refractivity contribution is 8.00. The Kier molecular flexibility index (Phi) is 5.15. The maximum Gasteiger partial charge on any atom is 0.118 e. The number of hydrogen-bond donors (Lipinski definition) is 2. The predicted molar refractivity (Wildman–Crippen MR) is 68.7 cm³/mol. The molecule has 0 spiro atoms. The number of hydrogen-bond acceptors (Lipinski definition) is 4.